The van der Waals surface area contributed by atoms with Gasteiger partial charge in [0.1, 0.15) is 18.0 Å². The fraction of sp³-hybridized carbons (Fsp3) is 0.333. The largest absolute Gasteiger partial charge is 0.489 e. The van der Waals surface area contributed by atoms with Gasteiger partial charge in [0.05, 0.1) is 22.4 Å². The molecule has 1 fully saturated rings. The summed E-state index contributed by atoms with van der Waals surface area (Å²) in [5, 5.41) is 14.6. The van der Waals surface area contributed by atoms with Crippen molar-refractivity contribution >= 4 is 32.3 Å². The summed E-state index contributed by atoms with van der Waals surface area (Å²) in [5.74, 6) is 0.791. The van der Waals surface area contributed by atoms with Gasteiger partial charge in [-0.25, -0.2) is 9.97 Å². The third-order valence-corrected chi connectivity index (χ3v) is 6.76. The van der Waals surface area contributed by atoms with E-state index in [-0.39, 0.29) is 12.1 Å². The highest BCUT2D eigenvalue weighted by atomic mass is 32.1. The first kappa shape index (κ1) is 20.0. The molecular weight excluding hydrogens is 408 g/mol. The van der Waals surface area contributed by atoms with Crippen molar-refractivity contribution in [2.75, 3.05) is 11.9 Å². The maximum Gasteiger partial charge on any atom is 0.184 e. The van der Waals surface area contributed by atoms with E-state index in [0.29, 0.717) is 6.61 Å². The number of aliphatic hydroxyl groups is 1. The number of fused-ring (bicyclic) bond motifs is 2. The summed E-state index contributed by atoms with van der Waals surface area (Å²) in [6.45, 7) is 4.16. The Labute approximate surface area is 185 Å². The Morgan fingerprint density at radius 3 is 3.03 bits per heavy atom. The number of anilines is 1. The van der Waals surface area contributed by atoms with Crippen LogP contribution in [0.15, 0.2) is 55.4 Å². The molecule has 6 nitrogen and oxygen atoms in total. The number of aromatic nitrogens is 3. The van der Waals surface area contributed by atoms with Crippen LogP contribution in [0.1, 0.15) is 36.9 Å². The third kappa shape index (κ3) is 4.29. The van der Waals surface area contributed by atoms with E-state index in [9.17, 15) is 5.11 Å². The van der Waals surface area contributed by atoms with Gasteiger partial charge >= 0.3 is 0 Å². The number of nitrogens with zero attached hydrogens (tertiary/aromatic N) is 3. The Balaban J connectivity index is 1.34. The number of hydrogen-bond donors (Lipinski definition) is 2. The molecule has 0 radical (unpaired) electrons. The number of aliphatic hydroxyl groups excluding tert-OH is 1. The number of ether oxygens (including phenoxy) is 1. The molecule has 0 amide bonds. The van der Waals surface area contributed by atoms with Crippen molar-refractivity contribution in [1.29, 1.82) is 0 Å². The van der Waals surface area contributed by atoms with Gasteiger partial charge in [-0.05, 0) is 36.6 Å². The molecule has 7 heteroatoms. The van der Waals surface area contributed by atoms with Crippen LogP contribution in [0.5, 0.6) is 5.75 Å². The van der Waals surface area contributed by atoms with Gasteiger partial charge < -0.3 is 19.6 Å². The van der Waals surface area contributed by atoms with Crippen molar-refractivity contribution in [2.45, 2.75) is 44.2 Å². The van der Waals surface area contributed by atoms with E-state index in [0.717, 1.165) is 64.5 Å². The quantitative estimate of drug-likeness (QED) is 0.408. The van der Waals surface area contributed by atoms with Gasteiger partial charge in [0.2, 0.25) is 0 Å². The predicted molar refractivity (Wildman–Crippen MR) is 125 cm³/mol. The number of pyridine rings is 1. The number of thiazole rings is 1. The number of hydrogen-bond acceptors (Lipinski definition) is 6. The zero-order valence-electron chi connectivity index (χ0n) is 17.3. The number of benzene rings is 1. The first-order chi connectivity index (χ1) is 15.2. The highest BCUT2D eigenvalue weighted by Gasteiger charge is 2.23. The Hall–Kier alpha value is -2.90. The number of imidazole rings is 1. The number of rotatable bonds is 7. The van der Waals surface area contributed by atoms with Gasteiger partial charge in [0, 0.05) is 30.6 Å². The lowest BCUT2D eigenvalue weighted by atomic mass is 9.93. The Morgan fingerprint density at radius 2 is 2.16 bits per heavy atom. The van der Waals surface area contributed by atoms with Crippen molar-refractivity contribution < 1.29 is 9.84 Å². The molecule has 3 aromatic heterocycles. The van der Waals surface area contributed by atoms with Crippen LogP contribution in [0, 0.1) is 0 Å². The lowest BCUT2D eigenvalue weighted by Gasteiger charge is -2.27. The molecule has 1 aliphatic rings. The molecule has 0 bridgehead atoms. The summed E-state index contributed by atoms with van der Waals surface area (Å²) < 4.78 is 8.85. The minimum absolute atomic E-state index is 0.104. The van der Waals surface area contributed by atoms with Crippen LogP contribution in [0.4, 0.5) is 5.13 Å². The summed E-state index contributed by atoms with van der Waals surface area (Å²) >= 11 is 1.65. The second-order valence-corrected chi connectivity index (χ2v) is 9.07. The molecule has 2 N–H and O–H groups in total. The van der Waals surface area contributed by atoms with Gasteiger partial charge in [0.15, 0.2) is 5.13 Å². The highest BCUT2D eigenvalue weighted by molar-refractivity contribution is 7.22. The molecule has 1 aliphatic carbocycles. The van der Waals surface area contributed by atoms with Crippen molar-refractivity contribution in [3.05, 3.63) is 66.6 Å². The van der Waals surface area contributed by atoms with E-state index in [4.69, 9.17) is 9.72 Å². The first-order valence-corrected chi connectivity index (χ1v) is 11.5. The average Bonchev–Trinajstić information content (AvgIpc) is 3.37. The summed E-state index contributed by atoms with van der Waals surface area (Å²) in [4.78, 5) is 9.26. The minimum Gasteiger partial charge on any atom is -0.489 e. The molecule has 5 rings (SSSR count). The standard InChI is InChI=1S/C24H26N4O2S/c1-2-11-30-18-9-10-28-17(15-25-23(28)14-18)12-16-7-8-20-22(13-16)31-24(27-20)26-19-5-3-4-6-21(19)29/h2,7-10,13-15,19,21,29H,1,3-6,11-12H2,(H,26,27)/t19-,21-/m1/s1. The molecule has 0 spiro atoms. The molecule has 0 saturated heterocycles. The molecular formula is C24H26N4O2S. The molecule has 0 unspecified atom stereocenters. The zero-order chi connectivity index (χ0) is 21.2. The van der Waals surface area contributed by atoms with Gasteiger partial charge in [-0.2, -0.15) is 0 Å². The van der Waals surface area contributed by atoms with Crippen LogP contribution in [0.2, 0.25) is 0 Å². The summed E-state index contributed by atoms with van der Waals surface area (Å²) in [6.07, 6.45) is 10.3. The molecule has 3 heterocycles. The van der Waals surface area contributed by atoms with Crippen molar-refractivity contribution in [2.24, 2.45) is 0 Å². The Kier molecular flexibility index (Phi) is 5.61. The van der Waals surface area contributed by atoms with Gasteiger partial charge in [0.25, 0.3) is 0 Å². The van der Waals surface area contributed by atoms with E-state index < -0.39 is 0 Å². The maximum absolute atomic E-state index is 10.2. The fourth-order valence-electron chi connectivity index (χ4n) is 4.18. The van der Waals surface area contributed by atoms with Gasteiger partial charge in [-0.1, -0.05) is 42.9 Å². The maximum atomic E-state index is 10.2. The number of nitrogens with one attached hydrogen (secondary N) is 1. The smallest absolute Gasteiger partial charge is 0.184 e. The summed E-state index contributed by atoms with van der Waals surface area (Å²) in [5.41, 5.74) is 4.20. The van der Waals surface area contributed by atoms with Crippen LogP contribution >= 0.6 is 11.3 Å². The third-order valence-electron chi connectivity index (χ3n) is 5.81. The van der Waals surface area contributed by atoms with E-state index in [1.165, 1.54) is 5.56 Å². The van der Waals surface area contributed by atoms with Crippen LogP contribution in [-0.4, -0.2) is 38.2 Å². The van der Waals surface area contributed by atoms with Crippen LogP contribution < -0.4 is 10.1 Å². The van der Waals surface area contributed by atoms with E-state index in [1.54, 1.807) is 17.4 Å². The molecule has 31 heavy (non-hydrogen) atoms. The monoisotopic (exact) mass is 434 g/mol. The zero-order valence-corrected chi connectivity index (χ0v) is 18.1. The van der Waals surface area contributed by atoms with Crippen LogP contribution in [-0.2, 0) is 6.42 Å². The fourth-order valence-corrected chi connectivity index (χ4v) is 5.17. The highest BCUT2D eigenvalue weighted by Crippen LogP contribution is 2.30. The Bertz CT molecular complexity index is 1210. The summed E-state index contributed by atoms with van der Waals surface area (Å²) in [6, 6.07) is 10.4. The molecule has 4 aromatic rings. The molecule has 1 saturated carbocycles. The molecule has 1 aromatic carbocycles. The normalized spacial score (nSPS) is 19.0. The van der Waals surface area contributed by atoms with Crippen molar-refractivity contribution in [3.63, 3.8) is 0 Å². The van der Waals surface area contributed by atoms with Crippen molar-refractivity contribution in [3.8, 4) is 5.75 Å². The second-order valence-electron chi connectivity index (χ2n) is 8.04. The van der Waals surface area contributed by atoms with Crippen LogP contribution in [0.25, 0.3) is 15.9 Å². The second kappa shape index (κ2) is 8.69. The molecule has 0 aliphatic heterocycles. The SMILES string of the molecule is C=CCOc1ccn2c(Cc3ccc4nc(N[C@@H]5CCCC[C@H]5O)sc4c3)cnc2c1. The van der Waals surface area contributed by atoms with E-state index >= 15 is 0 Å². The predicted octanol–water partition coefficient (Wildman–Crippen LogP) is 4.82. The van der Waals surface area contributed by atoms with Crippen molar-refractivity contribution in [1.82, 2.24) is 14.4 Å². The minimum atomic E-state index is -0.283. The lowest BCUT2D eigenvalue weighted by molar-refractivity contribution is 0.116. The average molecular weight is 435 g/mol. The van der Waals surface area contributed by atoms with E-state index in [2.05, 4.69) is 39.5 Å². The van der Waals surface area contributed by atoms with Gasteiger partial charge in [-0.3, -0.25) is 0 Å². The molecule has 160 valence electrons. The summed E-state index contributed by atoms with van der Waals surface area (Å²) in [7, 11) is 0. The molecule has 2 atom stereocenters. The van der Waals surface area contributed by atoms with Gasteiger partial charge in [-0.15, -0.1) is 0 Å². The van der Waals surface area contributed by atoms with Crippen LogP contribution in [0.3, 0.4) is 0 Å². The topological polar surface area (TPSA) is 71.7 Å². The first-order valence-electron chi connectivity index (χ1n) is 10.7. The Morgan fingerprint density at radius 1 is 1.26 bits per heavy atom. The lowest BCUT2D eigenvalue weighted by Crippen LogP contribution is -2.36. The van der Waals surface area contributed by atoms with E-state index in [1.807, 2.05) is 24.5 Å².